The van der Waals surface area contributed by atoms with Crippen molar-refractivity contribution < 1.29 is 0 Å². The van der Waals surface area contributed by atoms with E-state index in [1.54, 1.807) is 0 Å². The number of allylic oxidation sites excluding steroid dienone is 2. The van der Waals surface area contributed by atoms with Crippen molar-refractivity contribution >= 4 is 6.08 Å². The summed E-state index contributed by atoms with van der Waals surface area (Å²) in [5.41, 5.74) is 3.80. The van der Waals surface area contributed by atoms with Gasteiger partial charge in [-0.05, 0) is 24.5 Å². The summed E-state index contributed by atoms with van der Waals surface area (Å²) in [5.74, 6) is 0. The van der Waals surface area contributed by atoms with Gasteiger partial charge in [-0.2, -0.15) is 0 Å². The molecule has 0 bridgehead atoms. The molecule has 14 heavy (non-hydrogen) atoms. The smallest absolute Gasteiger partial charge is 0.0227 e. The van der Waals surface area contributed by atoms with Crippen LogP contribution < -0.4 is 0 Å². The van der Waals surface area contributed by atoms with E-state index in [0.717, 1.165) is 12.8 Å². The molecule has 0 saturated heterocycles. The lowest BCUT2D eigenvalue weighted by molar-refractivity contribution is 0.931. The van der Waals surface area contributed by atoms with Gasteiger partial charge < -0.3 is 0 Å². The molecule has 0 aliphatic carbocycles. The number of benzene rings is 1. The third kappa shape index (κ3) is 3.21. The van der Waals surface area contributed by atoms with Crippen LogP contribution in [-0.2, 0) is 0 Å². The first kappa shape index (κ1) is 10.8. The monoisotopic (exact) mass is 186 g/mol. The fourth-order valence-corrected chi connectivity index (χ4v) is 1.39. The summed E-state index contributed by atoms with van der Waals surface area (Å²) in [7, 11) is 0. The molecular formula is C14H18. The number of aryl methyl sites for hydroxylation is 1. The van der Waals surface area contributed by atoms with E-state index in [4.69, 9.17) is 0 Å². The van der Waals surface area contributed by atoms with Gasteiger partial charge in [-0.15, -0.1) is 0 Å². The van der Waals surface area contributed by atoms with Gasteiger partial charge in [0.2, 0.25) is 0 Å². The Bertz CT molecular complexity index is 332. The highest BCUT2D eigenvalue weighted by Crippen LogP contribution is 2.11. The summed E-state index contributed by atoms with van der Waals surface area (Å²) >= 11 is 0. The van der Waals surface area contributed by atoms with E-state index in [2.05, 4.69) is 56.8 Å². The Kier molecular flexibility index (Phi) is 4.18. The first-order valence-corrected chi connectivity index (χ1v) is 5.15. The van der Waals surface area contributed by atoms with Crippen LogP contribution in [0.2, 0.25) is 0 Å². The molecule has 0 heterocycles. The second-order valence-corrected chi connectivity index (χ2v) is 3.60. The molecule has 0 nitrogen and oxygen atoms in total. The quantitative estimate of drug-likeness (QED) is 0.613. The average Bonchev–Trinajstić information content (AvgIpc) is 2.17. The van der Waals surface area contributed by atoms with Crippen molar-refractivity contribution in [1.82, 2.24) is 0 Å². The van der Waals surface area contributed by atoms with Crippen LogP contribution in [0.4, 0.5) is 0 Å². The molecule has 1 aromatic carbocycles. The van der Waals surface area contributed by atoms with Crippen molar-refractivity contribution in [2.24, 2.45) is 0 Å². The predicted octanol–water partition coefficient (Wildman–Crippen LogP) is 4.36. The van der Waals surface area contributed by atoms with Crippen molar-refractivity contribution in [2.75, 3.05) is 0 Å². The van der Waals surface area contributed by atoms with Gasteiger partial charge in [-0.3, -0.25) is 0 Å². The summed E-state index contributed by atoms with van der Waals surface area (Å²) in [6.07, 6.45) is 6.51. The third-order valence-electron chi connectivity index (χ3n) is 2.26. The van der Waals surface area contributed by atoms with E-state index in [0.29, 0.717) is 0 Å². The minimum Gasteiger partial charge on any atom is -0.0958 e. The molecule has 74 valence electrons. The Hall–Kier alpha value is -1.30. The third-order valence-corrected chi connectivity index (χ3v) is 2.26. The van der Waals surface area contributed by atoms with Crippen LogP contribution in [0, 0.1) is 6.92 Å². The van der Waals surface area contributed by atoms with Crippen molar-refractivity contribution in [3.8, 4) is 0 Å². The summed E-state index contributed by atoms with van der Waals surface area (Å²) in [6.45, 7) is 8.30. The van der Waals surface area contributed by atoms with Crippen LogP contribution in [0.3, 0.4) is 0 Å². The molecule has 0 fully saturated rings. The molecule has 1 rings (SSSR count). The normalized spacial score (nSPS) is 10.7. The molecule has 0 aliphatic rings. The number of hydrogen-bond acceptors (Lipinski definition) is 0. The molecule has 0 amide bonds. The Labute approximate surface area is 87.0 Å². The van der Waals surface area contributed by atoms with E-state index in [1.165, 1.54) is 16.7 Å². The summed E-state index contributed by atoms with van der Waals surface area (Å²) < 4.78 is 0. The highest BCUT2D eigenvalue weighted by Gasteiger charge is 1.91. The van der Waals surface area contributed by atoms with Crippen LogP contribution in [0.1, 0.15) is 30.9 Å². The van der Waals surface area contributed by atoms with Gasteiger partial charge >= 0.3 is 0 Å². The molecule has 0 aromatic heterocycles. The summed E-state index contributed by atoms with van der Waals surface area (Å²) in [5, 5.41) is 0. The summed E-state index contributed by atoms with van der Waals surface area (Å²) in [6, 6.07) is 8.39. The summed E-state index contributed by atoms with van der Waals surface area (Å²) in [4.78, 5) is 0. The molecular weight excluding hydrogens is 168 g/mol. The Balaban J connectivity index is 2.69. The lowest BCUT2D eigenvalue weighted by Gasteiger charge is -1.99. The van der Waals surface area contributed by atoms with Crippen molar-refractivity contribution in [2.45, 2.75) is 26.7 Å². The molecule has 0 unspecified atom stereocenters. The van der Waals surface area contributed by atoms with Gasteiger partial charge in [0, 0.05) is 0 Å². The molecule has 0 N–H and O–H groups in total. The largest absolute Gasteiger partial charge is 0.0958 e. The second-order valence-electron chi connectivity index (χ2n) is 3.60. The molecule has 0 atom stereocenters. The molecule has 0 saturated carbocycles. The number of rotatable bonds is 4. The van der Waals surface area contributed by atoms with E-state index < -0.39 is 0 Å². The van der Waals surface area contributed by atoms with Gasteiger partial charge in [-0.25, -0.2) is 0 Å². The lowest BCUT2D eigenvalue weighted by atomic mass is 10.1. The van der Waals surface area contributed by atoms with Crippen molar-refractivity contribution in [1.29, 1.82) is 0 Å². The van der Waals surface area contributed by atoms with Crippen molar-refractivity contribution in [3.05, 3.63) is 53.6 Å². The fourth-order valence-electron chi connectivity index (χ4n) is 1.39. The standard InChI is InChI=1S/C14H18/c1-4-7-12(2)10-11-14-9-6-5-8-13(14)3/h5-6,8-11H,2,4,7H2,1,3H3/b11-10-. The van der Waals surface area contributed by atoms with Gasteiger partial charge in [0.25, 0.3) is 0 Å². The molecule has 0 heteroatoms. The topological polar surface area (TPSA) is 0 Å². The van der Waals surface area contributed by atoms with Gasteiger partial charge in [-0.1, -0.05) is 61.9 Å². The molecule has 0 aliphatic heterocycles. The van der Waals surface area contributed by atoms with E-state index in [9.17, 15) is 0 Å². The van der Waals surface area contributed by atoms with Gasteiger partial charge in [0.1, 0.15) is 0 Å². The molecule has 1 aromatic rings. The zero-order valence-corrected chi connectivity index (χ0v) is 9.09. The number of hydrogen-bond donors (Lipinski definition) is 0. The zero-order valence-electron chi connectivity index (χ0n) is 9.09. The lowest BCUT2D eigenvalue weighted by Crippen LogP contribution is -1.79. The minimum absolute atomic E-state index is 1.09. The predicted molar refractivity (Wildman–Crippen MR) is 64.3 cm³/mol. The second kappa shape index (κ2) is 5.43. The van der Waals surface area contributed by atoms with Crippen LogP contribution in [0.5, 0.6) is 0 Å². The maximum atomic E-state index is 4.00. The molecule has 0 radical (unpaired) electrons. The van der Waals surface area contributed by atoms with Crippen LogP contribution in [0.25, 0.3) is 6.08 Å². The van der Waals surface area contributed by atoms with Gasteiger partial charge in [0.05, 0.1) is 0 Å². The highest BCUT2D eigenvalue weighted by molar-refractivity contribution is 5.55. The van der Waals surface area contributed by atoms with Gasteiger partial charge in [0.15, 0.2) is 0 Å². The van der Waals surface area contributed by atoms with Crippen LogP contribution >= 0.6 is 0 Å². The maximum absolute atomic E-state index is 4.00. The zero-order chi connectivity index (χ0) is 10.4. The van der Waals surface area contributed by atoms with E-state index >= 15 is 0 Å². The Morgan fingerprint density at radius 1 is 1.36 bits per heavy atom. The minimum atomic E-state index is 1.09. The highest BCUT2D eigenvalue weighted by atomic mass is 14.0. The Morgan fingerprint density at radius 2 is 2.07 bits per heavy atom. The first-order chi connectivity index (χ1) is 6.74. The first-order valence-electron chi connectivity index (χ1n) is 5.15. The fraction of sp³-hybridized carbons (Fsp3) is 0.286. The van der Waals surface area contributed by atoms with Crippen LogP contribution in [-0.4, -0.2) is 0 Å². The molecule has 0 spiro atoms. The van der Waals surface area contributed by atoms with Crippen molar-refractivity contribution in [3.63, 3.8) is 0 Å². The van der Waals surface area contributed by atoms with Crippen LogP contribution in [0.15, 0.2) is 42.5 Å². The van der Waals surface area contributed by atoms with E-state index in [-0.39, 0.29) is 0 Å². The SMILES string of the molecule is C=C(/C=C\c1ccccc1C)CCC. The Morgan fingerprint density at radius 3 is 2.71 bits per heavy atom. The van der Waals surface area contributed by atoms with E-state index in [1.807, 2.05) is 0 Å². The maximum Gasteiger partial charge on any atom is -0.0227 e. The average molecular weight is 186 g/mol.